The van der Waals surface area contributed by atoms with Gasteiger partial charge in [-0.25, -0.2) is 0 Å². The first kappa shape index (κ1) is 13.5. The third-order valence-corrected chi connectivity index (χ3v) is 2.81. The number of nitro benzene ring substituents is 1. The number of rotatable bonds is 4. The molecule has 2 aromatic rings. The molecular formula is C14H11NO5. The zero-order valence-corrected chi connectivity index (χ0v) is 10.3. The van der Waals surface area contributed by atoms with Crippen molar-refractivity contribution in [1.29, 1.82) is 0 Å². The van der Waals surface area contributed by atoms with Gasteiger partial charge in [-0.3, -0.25) is 14.9 Å². The van der Waals surface area contributed by atoms with Gasteiger partial charge in [0.1, 0.15) is 11.5 Å². The van der Waals surface area contributed by atoms with E-state index in [1.54, 1.807) is 0 Å². The summed E-state index contributed by atoms with van der Waals surface area (Å²) in [4.78, 5) is 22.1. The van der Waals surface area contributed by atoms with Crippen LogP contribution in [0.3, 0.4) is 0 Å². The highest BCUT2D eigenvalue weighted by Gasteiger charge is 2.14. The summed E-state index contributed by atoms with van der Waals surface area (Å²) in [6.45, 7) is 0. The van der Waals surface area contributed by atoms with Crippen molar-refractivity contribution >= 4 is 11.5 Å². The van der Waals surface area contributed by atoms with E-state index in [9.17, 15) is 20.0 Å². The van der Waals surface area contributed by atoms with Crippen LogP contribution in [0.2, 0.25) is 0 Å². The molecule has 2 N–H and O–H groups in total. The Balaban J connectivity index is 2.25. The van der Waals surface area contributed by atoms with E-state index >= 15 is 0 Å². The van der Waals surface area contributed by atoms with Crippen molar-refractivity contribution in [1.82, 2.24) is 0 Å². The van der Waals surface area contributed by atoms with Gasteiger partial charge in [0, 0.05) is 29.7 Å². The molecule has 2 rings (SSSR count). The van der Waals surface area contributed by atoms with E-state index in [2.05, 4.69) is 0 Å². The normalized spacial score (nSPS) is 10.2. The number of carbonyl (C=O) groups excluding carboxylic acids is 1. The largest absolute Gasteiger partial charge is 0.508 e. The molecule has 0 aliphatic carbocycles. The Morgan fingerprint density at radius 1 is 1.10 bits per heavy atom. The van der Waals surface area contributed by atoms with Crippen LogP contribution in [-0.4, -0.2) is 20.9 Å². The van der Waals surface area contributed by atoms with Crippen LogP contribution in [0, 0.1) is 10.1 Å². The van der Waals surface area contributed by atoms with Crippen LogP contribution in [-0.2, 0) is 6.42 Å². The number of benzene rings is 2. The van der Waals surface area contributed by atoms with Crippen LogP contribution in [0.4, 0.5) is 5.69 Å². The molecule has 0 atom stereocenters. The van der Waals surface area contributed by atoms with Gasteiger partial charge in [0.05, 0.1) is 4.92 Å². The minimum Gasteiger partial charge on any atom is -0.508 e. The molecule has 0 saturated heterocycles. The molecule has 0 fully saturated rings. The van der Waals surface area contributed by atoms with Crippen LogP contribution in [0.1, 0.15) is 15.9 Å². The van der Waals surface area contributed by atoms with Crippen LogP contribution < -0.4 is 0 Å². The average Bonchev–Trinajstić information content (AvgIpc) is 2.41. The van der Waals surface area contributed by atoms with Gasteiger partial charge in [0.15, 0.2) is 5.78 Å². The lowest BCUT2D eigenvalue weighted by atomic mass is 10.0. The third-order valence-electron chi connectivity index (χ3n) is 2.81. The second-order valence-corrected chi connectivity index (χ2v) is 4.22. The molecule has 6 heteroatoms. The number of aromatic hydroxyl groups is 2. The summed E-state index contributed by atoms with van der Waals surface area (Å²) in [7, 11) is 0. The molecule has 0 aliphatic heterocycles. The van der Waals surface area contributed by atoms with E-state index in [-0.39, 0.29) is 35.0 Å². The van der Waals surface area contributed by atoms with Gasteiger partial charge in [-0.15, -0.1) is 0 Å². The quantitative estimate of drug-likeness (QED) is 0.506. The van der Waals surface area contributed by atoms with Gasteiger partial charge >= 0.3 is 0 Å². The fourth-order valence-electron chi connectivity index (χ4n) is 1.75. The van der Waals surface area contributed by atoms with Gasteiger partial charge < -0.3 is 10.2 Å². The highest BCUT2D eigenvalue weighted by molar-refractivity contribution is 5.97. The van der Waals surface area contributed by atoms with Crippen molar-refractivity contribution in [2.45, 2.75) is 6.42 Å². The predicted octanol–water partition coefficient (Wildman–Crippen LogP) is 2.43. The van der Waals surface area contributed by atoms with E-state index in [1.807, 2.05) is 0 Å². The lowest BCUT2D eigenvalue weighted by Gasteiger charge is -2.04. The van der Waals surface area contributed by atoms with Crippen molar-refractivity contribution in [3.8, 4) is 11.5 Å². The molecule has 2 aromatic carbocycles. The van der Waals surface area contributed by atoms with Gasteiger partial charge in [0.25, 0.3) is 5.69 Å². The molecule has 0 aromatic heterocycles. The topological polar surface area (TPSA) is 101 Å². The van der Waals surface area contributed by atoms with Crippen molar-refractivity contribution in [2.24, 2.45) is 0 Å². The Kier molecular flexibility index (Phi) is 3.65. The maximum Gasteiger partial charge on any atom is 0.269 e. The molecule has 0 heterocycles. The summed E-state index contributed by atoms with van der Waals surface area (Å²) >= 11 is 0. The molecule has 0 aliphatic rings. The summed E-state index contributed by atoms with van der Waals surface area (Å²) in [6.07, 6.45) is -0.154. The van der Waals surface area contributed by atoms with Gasteiger partial charge in [-0.1, -0.05) is 0 Å². The minimum absolute atomic E-state index is 0.0414. The number of nitrogens with zero attached hydrogens (tertiary/aromatic N) is 1. The first-order valence-corrected chi connectivity index (χ1v) is 5.76. The number of ketones is 1. The number of hydrogen-bond acceptors (Lipinski definition) is 5. The van der Waals surface area contributed by atoms with Crippen molar-refractivity contribution in [2.75, 3.05) is 0 Å². The van der Waals surface area contributed by atoms with E-state index in [1.165, 1.54) is 42.5 Å². The van der Waals surface area contributed by atoms with Crippen LogP contribution in [0.25, 0.3) is 0 Å². The number of hydrogen-bond donors (Lipinski definition) is 2. The maximum atomic E-state index is 12.0. The smallest absolute Gasteiger partial charge is 0.269 e. The Hall–Kier alpha value is -2.89. The Labute approximate surface area is 114 Å². The van der Waals surface area contributed by atoms with Crippen LogP contribution in [0.5, 0.6) is 11.5 Å². The van der Waals surface area contributed by atoms with E-state index in [0.717, 1.165) is 0 Å². The number of nitro groups is 1. The summed E-state index contributed by atoms with van der Waals surface area (Å²) < 4.78 is 0. The Morgan fingerprint density at radius 2 is 1.75 bits per heavy atom. The zero-order chi connectivity index (χ0) is 14.7. The minimum atomic E-state index is -0.589. The fraction of sp³-hybridized carbons (Fsp3) is 0.0714. The second kappa shape index (κ2) is 5.40. The number of carbonyl (C=O) groups is 1. The second-order valence-electron chi connectivity index (χ2n) is 4.22. The molecule has 102 valence electrons. The van der Waals surface area contributed by atoms with Crippen LogP contribution in [0.15, 0.2) is 42.5 Å². The Bertz CT molecular complexity index is 664. The highest BCUT2D eigenvalue weighted by atomic mass is 16.6. The first-order chi connectivity index (χ1) is 9.47. The van der Waals surface area contributed by atoms with Gasteiger partial charge in [-0.2, -0.15) is 0 Å². The summed E-state index contributed by atoms with van der Waals surface area (Å²) in [5.74, 6) is -0.428. The lowest BCUT2D eigenvalue weighted by molar-refractivity contribution is -0.384. The monoisotopic (exact) mass is 273 g/mol. The van der Waals surface area contributed by atoms with E-state index in [4.69, 9.17) is 5.11 Å². The number of Topliss-reactive ketones (excluding diaryl/α,β-unsaturated/α-hetero) is 1. The lowest BCUT2D eigenvalue weighted by Crippen LogP contribution is -2.04. The first-order valence-electron chi connectivity index (χ1n) is 5.76. The van der Waals surface area contributed by atoms with Crippen molar-refractivity contribution < 1.29 is 19.9 Å². The Morgan fingerprint density at radius 3 is 2.35 bits per heavy atom. The molecule has 0 saturated carbocycles. The SMILES string of the molecule is O=C(Cc1cc([N+](=O)[O-])ccc1O)c1ccc(O)cc1. The molecule has 0 radical (unpaired) electrons. The maximum absolute atomic E-state index is 12.0. The molecule has 0 bridgehead atoms. The zero-order valence-electron chi connectivity index (χ0n) is 10.3. The van der Waals surface area contributed by atoms with E-state index in [0.29, 0.717) is 5.56 Å². The van der Waals surface area contributed by atoms with Gasteiger partial charge in [0.2, 0.25) is 0 Å². The van der Waals surface area contributed by atoms with E-state index < -0.39 is 4.92 Å². The molecule has 0 unspecified atom stereocenters. The number of phenols is 2. The molecule has 0 amide bonds. The molecular weight excluding hydrogens is 262 g/mol. The summed E-state index contributed by atoms with van der Waals surface area (Å²) in [6, 6.07) is 9.19. The molecule has 6 nitrogen and oxygen atoms in total. The highest BCUT2D eigenvalue weighted by Crippen LogP contribution is 2.24. The predicted molar refractivity (Wildman–Crippen MR) is 70.9 cm³/mol. The van der Waals surface area contributed by atoms with Crippen molar-refractivity contribution in [3.05, 3.63) is 63.7 Å². The number of non-ortho nitro benzene ring substituents is 1. The van der Waals surface area contributed by atoms with Crippen molar-refractivity contribution in [3.63, 3.8) is 0 Å². The summed E-state index contributed by atoms with van der Waals surface area (Å²) in [5.41, 5.74) is 0.363. The molecule has 20 heavy (non-hydrogen) atoms. The summed E-state index contributed by atoms with van der Waals surface area (Å²) in [5, 5.41) is 29.5. The van der Waals surface area contributed by atoms with Gasteiger partial charge in [-0.05, 0) is 30.3 Å². The van der Waals surface area contributed by atoms with Crippen LogP contribution >= 0.6 is 0 Å². The molecule has 0 spiro atoms. The fourth-order valence-corrected chi connectivity index (χ4v) is 1.75. The standard InChI is InChI=1S/C14H11NO5/c16-12-4-1-9(2-5-12)14(18)8-10-7-11(15(19)20)3-6-13(10)17/h1-7,16-17H,8H2. The number of phenolic OH excluding ortho intramolecular Hbond substituents is 2. The third kappa shape index (κ3) is 2.92. The average molecular weight is 273 g/mol.